The maximum Gasteiger partial charge on any atom is 0 e. The third-order valence-corrected chi connectivity index (χ3v) is 0. The first-order valence-corrected chi connectivity index (χ1v) is 0.540. The van der Waals surface area contributed by atoms with Crippen molar-refractivity contribution >= 4 is 0 Å². The summed E-state index contributed by atoms with van der Waals surface area (Å²) in [4.78, 5) is 2.50. The SMILES string of the molecule is [C-]#[N+][CH2-].[Y]. The fourth-order valence-corrected chi connectivity index (χ4v) is 0. The fraction of sp³-hybridized carbons (Fsp3) is 0. The van der Waals surface area contributed by atoms with Crippen LogP contribution in [0.3, 0.4) is 0 Å². The Morgan fingerprint density at radius 2 is 1.75 bits per heavy atom. The van der Waals surface area contributed by atoms with Crippen LogP contribution in [0, 0.1) is 13.6 Å². The van der Waals surface area contributed by atoms with Crippen LogP contribution in [0.5, 0.6) is 0 Å². The number of nitrogens with zero attached hydrogens (tertiary/aromatic N) is 1. The number of rotatable bonds is 0. The molecule has 0 aliphatic carbocycles. The van der Waals surface area contributed by atoms with Crippen molar-refractivity contribution in [2.75, 3.05) is 0 Å². The molecule has 0 saturated heterocycles. The summed E-state index contributed by atoms with van der Waals surface area (Å²) in [5, 5.41) is 0. The summed E-state index contributed by atoms with van der Waals surface area (Å²) in [5.41, 5.74) is 0. The summed E-state index contributed by atoms with van der Waals surface area (Å²) in [5.74, 6) is 0. The van der Waals surface area contributed by atoms with E-state index in [2.05, 4.69) is 11.9 Å². The van der Waals surface area contributed by atoms with Gasteiger partial charge >= 0.3 is 0 Å². The van der Waals surface area contributed by atoms with Crippen LogP contribution >= 0.6 is 0 Å². The first kappa shape index (κ1) is 8.82. The van der Waals surface area contributed by atoms with Gasteiger partial charge in [0.2, 0.25) is 0 Å². The molecule has 0 N–H and O–H groups in total. The van der Waals surface area contributed by atoms with Gasteiger partial charge in [0.15, 0.2) is 0 Å². The minimum absolute atomic E-state index is 0. The third-order valence-electron chi connectivity index (χ3n) is 0. The summed E-state index contributed by atoms with van der Waals surface area (Å²) < 4.78 is 0. The first-order valence-electron chi connectivity index (χ1n) is 0.540. The molecule has 0 aromatic heterocycles. The quantitative estimate of drug-likeness (QED) is 0.424. The zero-order chi connectivity index (χ0) is 2.71. The zero-order valence-electron chi connectivity index (χ0n) is 2.23. The summed E-state index contributed by atoms with van der Waals surface area (Å²) >= 11 is 0. The average molecular weight is 129 g/mol. The van der Waals surface area contributed by atoms with Gasteiger partial charge in [-0.3, -0.25) is 6.57 Å². The molecule has 0 aromatic rings. The van der Waals surface area contributed by atoms with Crippen molar-refractivity contribution in [3.8, 4) is 0 Å². The van der Waals surface area contributed by atoms with E-state index in [0.29, 0.717) is 0 Å². The standard InChI is InChI=1S/C2H2N.Y/c1-3-2;/h1H2;/q-1;. The minimum Gasteiger partial charge on any atom is -0.464 e. The number of hydrogen-bond acceptors (Lipinski definition) is 0. The van der Waals surface area contributed by atoms with Crippen LogP contribution in [-0.4, -0.2) is 0 Å². The van der Waals surface area contributed by atoms with E-state index in [-0.39, 0.29) is 32.7 Å². The van der Waals surface area contributed by atoms with Crippen molar-refractivity contribution in [1.82, 2.24) is 0 Å². The summed E-state index contributed by atoms with van der Waals surface area (Å²) in [7, 11) is 2.78. The molecule has 19 valence electrons. The van der Waals surface area contributed by atoms with E-state index in [9.17, 15) is 0 Å². The molecular formula is C2H2NY-. The maximum atomic E-state index is 5.72. The Hall–Kier alpha value is 0.464. The van der Waals surface area contributed by atoms with Crippen molar-refractivity contribution in [2.45, 2.75) is 0 Å². The summed E-state index contributed by atoms with van der Waals surface area (Å²) in [6, 6.07) is 0. The van der Waals surface area contributed by atoms with Gasteiger partial charge in [-0.2, -0.15) is 0 Å². The van der Waals surface area contributed by atoms with Gasteiger partial charge in [0.05, 0.1) is 0 Å². The first-order chi connectivity index (χ1) is 1.41. The smallest absolute Gasteiger partial charge is 0 e. The molecule has 1 radical (unpaired) electrons. The molecule has 2 heteroatoms. The van der Waals surface area contributed by atoms with Crippen molar-refractivity contribution in [1.29, 1.82) is 0 Å². The van der Waals surface area contributed by atoms with Crippen LogP contribution in [0.2, 0.25) is 0 Å². The van der Waals surface area contributed by atoms with Gasteiger partial charge < -0.3 is 4.85 Å². The van der Waals surface area contributed by atoms with E-state index in [0.717, 1.165) is 0 Å². The van der Waals surface area contributed by atoms with E-state index in [1.807, 2.05) is 0 Å². The molecule has 0 aliphatic rings. The van der Waals surface area contributed by atoms with E-state index in [1.54, 1.807) is 0 Å². The summed E-state index contributed by atoms with van der Waals surface area (Å²) in [6.07, 6.45) is 0. The summed E-state index contributed by atoms with van der Waals surface area (Å²) in [6.45, 7) is 5.72. The monoisotopic (exact) mass is 129 g/mol. The van der Waals surface area contributed by atoms with Gasteiger partial charge in [-0.15, -0.1) is 0 Å². The van der Waals surface area contributed by atoms with Crippen LogP contribution in [0.4, 0.5) is 0 Å². The molecule has 4 heavy (non-hydrogen) atoms. The second-order valence-corrected chi connectivity index (χ2v) is 0.158. The van der Waals surface area contributed by atoms with Gasteiger partial charge in [0, 0.05) is 32.7 Å². The fourth-order valence-electron chi connectivity index (χ4n) is 0. The van der Waals surface area contributed by atoms with Crippen molar-refractivity contribution in [3.63, 3.8) is 0 Å². The number of hydrogen-bond donors (Lipinski definition) is 0. The van der Waals surface area contributed by atoms with Crippen molar-refractivity contribution in [2.24, 2.45) is 0 Å². The van der Waals surface area contributed by atoms with E-state index in [1.165, 1.54) is 0 Å². The average Bonchev–Trinajstić information content (AvgIpc) is 0.918. The van der Waals surface area contributed by atoms with E-state index < -0.39 is 0 Å². The van der Waals surface area contributed by atoms with E-state index >= 15 is 0 Å². The van der Waals surface area contributed by atoms with Crippen LogP contribution < -0.4 is 0 Å². The Labute approximate surface area is 51.1 Å². The predicted molar refractivity (Wildman–Crippen MR) is 12.0 cm³/mol. The topological polar surface area (TPSA) is 4.36 Å². The molecule has 1 nitrogen and oxygen atoms in total. The van der Waals surface area contributed by atoms with Crippen LogP contribution in [0.1, 0.15) is 0 Å². The van der Waals surface area contributed by atoms with Crippen LogP contribution in [0.15, 0.2) is 0 Å². The maximum absolute atomic E-state index is 5.72. The Balaban J connectivity index is 0. The van der Waals surface area contributed by atoms with Crippen LogP contribution in [-0.2, 0) is 32.7 Å². The molecule has 0 fully saturated rings. The Kier molecular flexibility index (Phi) is 21.6. The molecule has 0 aromatic carbocycles. The minimum atomic E-state index is 0. The Morgan fingerprint density at radius 1 is 1.75 bits per heavy atom. The van der Waals surface area contributed by atoms with Crippen molar-refractivity contribution < 1.29 is 32.7 Å². The molecule has 0 spiro atoms. The molecule has 0 atom stereocenters. The molecule has 0 unspecified atom stereocenters. The van der Waals surface area contributed by atoms with Crippen LogP contribution in [0.25, 0.3) is 4.85 Å². The predicted octanol–water partition coefficient (Wildman–Crippen LogP) is 0.695. The third kappa shape index (κ3) is 24.5. The zero-order valence-corrected chi connectivity index (χ0v) is 5.07. The molecule has 0 heterocycles. The van der Waals surface area contributed by atoms with Gasteiger partial charge in [0.25, 0.3) is 0 Å². The molecule has 0 amide bonds. The van der Waals surface area contributed by atoms with E-state index in [4.69, 9.17) is 6.57 Å². The van der Waals surface area contributed by atoms with Gasteiger partial charge in [-0.05, 0) is 0 Å². The van der Waals surface area contributed by atoms with Gasteiger partial charge in [-0.1, -0.05) is 7.05 Å². The Morgan fingerprint density at radius 3 is 1.75 bits per heavy atom. The van der Waals surface area contributed by atoms with Gasteiger partial charge in [-0.25, -0.2) is 0 Å². The van der Waals surface area contributed by atoms with Crippen molar-refractivity contribution in [3.05, 3.63) is 18.5 Å². The molecule has 0 saturated carbocycles. The Bertz CT molecular complexity index is 27.5. The molecule has 0 rings (SSSR count). The second-order valence-electron chi connectivity index (χ2n) is 0.158. The normalized spacial score (nSPS) is 1.75. The second kappa shape index (κ2) is 9.81. The molecule has 0 bridgehead atoms. The van der Waals surface area contributed by atoms with Gasteiger partial charge in [0.1, 0.15) is 0 Å². The molecule has 0 aliphatic heterocycles. The largest absolute Gasteiger partial charge is 0.464 e. The molecular weight excluding hydrogens is 127 g/mol.